The highest BCUT2D eigenvalue weighted by atomic mass is 35.5. The van der Waals surface area contributed by atoms with Gasteiger partial charge in [-0.3, -0.25) is 9.59 Å². The number of nitrogens with zero attached hydrogens (tertiary/aromatic N) is 3. The zero-order valence-corrected chi connectivity index (χ0v) is 16.7. The quantitative estimate of drug-likeness (QED) is 0.670. The lowest BCUT2D eigenvalue weighted by Crippen LogP contribution is -2.27. The van der Waals surface area contributed by atoms with Crippen molar-refractivity contribution in [1.29, 1.82) is 0 Å². The summed E-state index contributed by atoms with van der Waals surface area (Å²) < 4.78 is 5.18. The summed E-state index contributed by atoms with van der Waals surface area (Å²) in [6.45, 7) is 0.238. The number of para-hydroxylation sites is 1. The molecule has 1 heterocycles. The Morgan fingerprint density at radius 2 is 1.83 bits per heavy atom. The summed E-state index contributed by atoms with van der Waals surface area (Å²) in [5.41, 5.74) is 1.59. The second kappa shape index (κ2) is 9.16. The Morgan fingerprint density at radius 3 is 2.55 bits per heavy atom. The second-order valence-electron chi connectivity index (χ2n) is 6.19. The average molecular weight is 411 g/mol. The molecule has 3 rings (SSSR count). The lowest BCUT2D eigenvalue weighted by Gasteiger charge is -2.20. The number of amides is 2. The smallest absolute Gasteiger partial charge is 0.293 e. The third-order valence-corrected chi connectivity index (χ3v) is 4.49. The molecule has 2 aromatic carbocycles. The fourth-order valence-corrected chi connectivity index (χ4v) is 2.97. The van der Waals surface area contributed by atoms with Crippen LogP contribution in [0.3, 0.4) is 0 Å². The number of aromatic nitrogens is 2. The first-order chi connectivity index (χ1) is 14.0. The molecule has 0 spiro atoms. The third-order valence-electron chi connectivity index (χ3n) is 4.18. The van der Waals surface area contributed by atoms with E-state index in [9.17, 15) is 9.59 Å². The number of anilines is 1. The summed E-state index contributed by atoms with van der Waals surface area (Å²) in [6, 6.07) is 13.8. The summed E-state index contributed by atoms with van der Waals surface area (Å²) in [7, 11) is 3.22. The minimum Gasteiger partial charge on any atom is -0.497 e. The number of hydrogen-bond donors (Lipinski definition) is 1. The molecule has 1 N–H and O–H groups in total. The Bertz CT molecular complexity index is 1030. The van der Waals surface area contributed by atoms with E-state index in [0.717, 1.165) is 0 Å². The molecule has 0 fully saturated rings. The molecule has 0 radical (unpaired) electrons. The predicted octanol–water partition coefficient (Wildman–Crippen LogP) is 3.66. The van der Waals surface area contributed by atoms with Gasteiger partial charge in [0.1, 0.15) is 5.75 Å². The Balaban J connectivity index is 1.81. The molecular weight excluding hydrogens is 392 g/mol. The van der Waals surface area contributed by atoms with E-state index in [1.165, 1.54) is 17.3 Å². The van der Waals surface area contributed by atoms with Crippen LogP contribution in [0.2, 0.25) is 5.02 Å². The molecule has 3 aromatic rings. The number of carbonyl (C=O) groups is 2. The van der Waals surface area contributed by atoms with Crippen LogP contribution in [0.1, 0.15) is 26.5 Å². The van der Waals surface area contributed by atoms with Crippen LogP contribution in [0.25, 0.3) is 0 Å². The summed E-state index contributed by atoms with van der Waals surface area (Å²) in [6.07, 6.45) is 2.96. The van der Waals surface area contributed by atoms with Gasteiger partial charge in [-0.1, -0.05) is 29.8 Å². The van der Waals surface area contributed by atoms with Crippen LogP contribution in [0.15, 0.2) is 60.9 Å². The molecule has 8 heteroatoms. The van der Waals surface area contributed by atoms with Gasteiger partial charge >= 0.3 is 0 Å². The first-order valence-corrected chi connectivity index (χ1v) is 9.12. The Hall–Kier alpha value is -3.45. The average Bonchev–Trinajstić information content (AvgIpc) is 2.76. The van der Waals surface area contributed by atoms with E-state index in [1.807, 2.05) is 0 Å². The highest BCUT2D eigenvalue weighted by molar-refractivity contribution is 6.34. The molecule has 0 aliphatic carbocycles. The first kappa shape index (κ1) is 20.3. The van der Waals surface area contributed by atoms with Gasteiger partial charge in [0.25, 0.3) is 11.8 Å². The summed E-state index contributed by atoms with van der Waals surface area (Å²) in [5.74, 6) is -0.0451. The van der Waals surface area contributed by atoms with Gasteiger partial charge in [-0.2, -0.15) is 0 Å². The van der Waals surface area contributed by atoms with Crippen molar-refractivity contribution in [2.45, 2.75) is 6.54 Å². The first-order valence-electron chi connectivity index (χ1n) is 8.75. The zero-order valence-electron chi connectivity index (χ0n) is 15.9. The van der Waals surface area contributed by atoms with Crippen molar-refractivity contribution in [2.24, 2.45) is 0 Å². The molecule has 0 atom stereocenters. The van der Waals surface area contributed by atoms with Crippen molar-refractivity contribution in [3.05, 3.63) is 82.9 Å². The Labute approximate surface area is 173 Å². The number of methoxy groups -OCH3 is 1. The van der Waals surface area contributed by atoms with E-state index in [1.54, 1.807) is 62.7 Å². The molecule has 0 aliphatic rings. The van der Waals surface area contributed by atoms with E-state index >= 15 is 0 Å². The largest absolute Gasteiger partial charge is 0.497 e. The molecule has 1 aromatic heterocycles. The molecule has 7 nitrogen and oxygen atoms in total. The van der Waals surface area contributed by atoms with Gasteiger partial charge < -0.3 is 15.0 Å². The molecular formula is C21H19ClN4O3. The number of rotatable bonds is 6. The predicted molar refractivity (Wildman–Crippen MR) is 110 cm³/mol. The van der Waals surface area contributed by atoms with Crippen LogP contribution in [0.4, 0.5) is 5.69 Å². The molecule has 0 bridgehead atoms. The molecule has 0 saturated heterocycles. The normalized spacial score (nSPS) is 10.3. The lowest BCUT2D eigenvalue weighted by atomic mass is 10.1. The molecule has 0 unspecified atom stereocenters. The summed E-state index contributed by atoms with van der Waals surface area (Å²) in [4.78, 5) is 34.6. The van der Waals surface area contributed by atoms with E-state index in [2.05, 4.69) is 15.3 Å². The van der Waals surface area contributed by atoms with Gasteiger partial charge in [-0.25, -0.2) is 9.97 Å². The van der Waals surface area contributed by atoms with Crippen LogP contribution < -0.4 is 10.1 Å². The van der Waals surface area contributed by atoms with E-state index in [-0.39, 0.29) is 18.3 Å². The topological polar surface area (TPSA) is 84.4 Å². The zero-order chi connectivity index (χ0) is 20.8. The van der Waals surface area contributed by atoms with Crippen LogP contribution in [0, 0.1) is 0 Å². The Morgan fingerprint density at radius 1 is 1.10 bits per heavy atom. The van der Waals surface area contributed by atoms with E-state index < -0.39 is 5.91 Å². The van der Waals surface area contributed by atoms with Gasteiger partial charge in [-0.05, 0) is 35.9 Å². The van der Waals surface area contributed by atoms with Crippen molar-refractivity contribution < 1.29 is 14.3 Å². The van der Waals surface area contributed by atoms with Crippen LogP contribution >= 0.6 is 11.6 Å². The van der Waals surface area contributed by atoms with Crippen molar-refractivity contribution in [1.82, 2.24) is 14.9 Å². The second-order valence-corrected chi connectivity index (χ2v) is 6.60. The molecule has 148 valence electrons. The number of carbonyl (C=O) groups excluding carboxylic acids is 2. The molecule has 2 amide bonds. The van der Waals surface area contributed by atoms with Gasteiger partial charge in [0.15, 0.2) is 0 Å². The fourth-order valence-electron chi connectivity index (χ4n) is 2.73. The SMILES string of the molecule is COc1cccc(C(=O)N(C)Cc2cccc(Cl)c2NC(=O)c2ncccn2)c1. The number of ether oxygens (including phenoxy) is 1. The molecule has 0 aliphatic heterocycles. The maximum Gasteiger partial charge on any atom is 0.293 e. The number of hydrogen-bond acceptors (Lipinski definition) is 5. The van der Waals surface area contributed by atoms with Crippen molar-refractivity contribution in [3.8, 4) is 5.75 Å². The van der Waals surface area contributed by atoms with Crippen LogP contribution in [-0.4, -0.2) is 40.8 Å². The minimum atomic E-state index is -0.485. The van der Waals surface area contributed by atoms with E-state index in [0.29, 0.717) is 27.6 Å². The highest BCUT2D eigenvalue weighted by Gasteiger charge is 2.18. The maximum atomic E-state index is 12.8. The van der Waals surface area contributed by atoms with Crippen molar-refractivity contribution >= 4 is 29.1 Å². The van der Waals surface area contributed by atoms with Gasteiger partial charge in [0.2, 0.25) is 5.82 Å². The fraction of sp³-hybridized carbons (Fsp3) is 0.143. The van der Waals surface area contributed by atoms with Crippen LogP contribution in [0.5, 0.6) is 5.75 Å². The van der Waals surface area contributed by atoms with Gasteiger partial charge in [0, 0.05) is 31.5 Å². The number of halogens is 1. The van der Waals surface area contributed by atoms with Crippen LogP contribution in [-0.2, 0) is 6.54 Å². The van der Waals surface area contributed by atoms with Crippen molar-refractivity contribution in [2.75, 3.05) is 19.5 Å². The lowest BCUT2D eigenvalue weighted by molar-refractivity contribution is 0.0785. The standard InChI is InChI=1S/C21H19ClN4O3/c1-26(21(28)14-6-3-8-16(12-14)29-2)13-15-7-4-9-17(22)18(15)25-20(27)19-23-10-5-11-24-19/h3-12H,13H2,1-2H3,(H,25,27). The van der Waals surface area contributed by atoms with Crippen molar-refractivity contribution in [3.63, 3.8) is 0 Å². The maximum absolute atomic E-state index is 12.8. The summed E-state index contributed by atoms with van der Waals surface area (Å²) >= 11 is 6.31. The summed E-state index contributed by atoms with van der Waals surface area (Å²) in [5, 5.41) is 3.10. The van der Waals surface area contributed by atoms with E-state index in [4.69, 9.17) is 16.3 Å². The third kappa shape index (κ3) is 4.89. The monoisotopic (exact) mass is 410 g/mol. The molecule has 29 heavy (non-hydrogen) atoms. The van der Waals surface area contributed by atoms with Gasteiger partial charge in [0.05, 0.1) is 17.8 Å². The van der Waals surface area contributed by atoms with Gasteiger partial charge in [-0.15, -0.1) is 0 Å². The number of benzene rings is 2. The minimum absolute atomic E-state index is 0.0270. The molecule has 0 saturated carbocycles. The highest BCUT2D eigenvalue weighted by Crippen LogP contribution is 2.28. The Kier molecular flexibility index (Phi) is 6.41. The number of nitrogens with one attached hydrogen (secondary N) is 1.